The van der Waals surface area contributed by atoms with Gasteiger partial charge in [-0.15, -0.1) is 0 Å². The minimum absolute atomic E-state index is 0.0847. The Kier molecular flexibility index (Phi) is 3.88. The third-order valence-corrected chi connectivity index (χ3v) is 2.75. The molecule has 0 spiro atoms. The molecule has 0 aliphatic carbocycles. The van der Waals surface area contributed by atoms with Gasteiger partial charge in [0.1, 0.15) is 6.61 Å². The number of carbonyl (C=O) groups excluding carboxylic acids is 2. The molecule has 1 aliphatic heterocycles. The first-order chi connectivity index (χ1) is 9.52. The van der Waals surface area contributed by atoms with Gasteiger partial charge in [0.2, 0.25) is 0 Å². The second-order valence-electron chi connectivity index (χ2n) is 4.06. The topological polar surface area (TPSA) is 93.1 Å². The van der Waals surface area contributed by atoms with Crippen LogP contribution in [0.2, 0.25) is 0 Å². The van der Waals surface area contributed by atoms with Gasteiger partial charge in [-0.2, -0.15) is 0 Å². The molecule has 0 radical (unpaired) electrons. The lowest BCUT2D eigenvalue weighted by Gasteiger charge is -2.14. The third kappa shape index (κ3) is 2.71. The van der Waals surface area contributed by atoms with E-state index >= 15 is 0 Å². The predicted octanol–water partition coefficient (Wildman–Crippen LogP) is 1.52. The summed E-state index contributed by atoms with van der Waals surface area (Å²) in [4.78, 5) is 35.6. The van der Waals surface area contributed by atoms with E-state index in [1.54, 1.807) is 6.92 Å². The highest BCUT2D eigenvalue weighted by atomic mass is 16.6. The highest BCUT2D eigenvalue weighted by Crippen LogP contribution is 2.23. The largest absolute Gasteiger partial charge is 0.478 e. The number of hydrogen-bond donors (Lipinski definition) is 1. The number of aromatic carboxylic acids is 1. The summed E-state index contributed by atoms with van der Waals surface area (Å²) in [5.41, 5.74) is 0.294. The van der Waals surface area contributed by atoms with E-state index in [4.69, 9.17) is 14.6 Å². The predicted molar refractivity (Wildman–Crippen MR) is 68.1 cm³/mol. The van der Waals surface area contributed by atoms with Crippen molar-refractivity contribution in [2.24, 2.45) is 0 Å². The number of carboxylic acids is 1. The number of anilines is 1. The SMILES string of the molecule is CCOC(=O)c1cc(C(=O)O)cc(N2CCOC2=O)c1. The molecule has 7 nitrogen and oxygen atoms in total. The van der Waals surface area contributed by atoms with Crippen molar-refractivity contribution in [3.05, 3.63) is 29.3 Å². The number of amides is 1. The fourth-order valence-electron chi connectivity index (χ4n) is 1.85. The molecule has 0 atom stereocenters. The first-order valence-corrected chi connectivity index (χ1v) is 6.02. The van der Waals surface area contributed by atoms with Crippen molar-refractivity contribution in [2.45, 2.75) is 6.92 Å². The van der Waals surface area contributed by atoms with Crippen LogP contribution in [0.1, 0.15) is 27.6 Å². The van der Waals surface area contributed by atoms with Gasteiger partial charge >= 0.3 is 18.0 Å². The zero-order valence-electron chi connectivity index (χ0n) is 10.8. The Bertz CT molecular complexity index is 568. The highest BCUT2D eigenvalue weighted by Gasteiger charge is 2.25. The average Bonchev–Trinajstić information content (AvgIpc) is 2.84. The normalized spacial score (nSPS) is 14.1. The third-order valence-electron chi connectivity index (χ3n) is 2.75. The molecule has 1 aromatic carbocycles. The second-order valence-corrected chi connectivity index (χ2v) is 4.06. The molecular weight excluding hydrogens is 266 g/mol. The summed E-state index contributed by atoms with van der Waals surface area (Å²) in [7, 11) is 0. The minimum atomic E-state index is -1.19. The van der Waals surface area contributed by atoms with Crippen molar-refractivity contribution in [1.82, 2.24) is 0 Å². The van der Waals surface area contributed by atoms with Gasteiger partial charge < -0.3 is 14.6 Å². The minimum Gasteiger partial charge on any atom is -0.478 e. The Morgan fingerprint density at radius 2 is 2.05 bits per heavy atom. The van der Waals surface area contributed by atoms with Crippen LogP contribution in [0.4, 0.5) is 10.5 Å². The van der Waals surface area contributed by atoms with Crippen LogP contribution in [0.5, 0.6) is 0 Å². The molecule has 7 heteroatoms. The number of carbonyl (C=O) groups is 3. The van der Waals surface area contributed by atoms with Crippen LogP contribution in [-0.4, -0.2) is 42.9 Å². The average molecular weight is 279 g/mol. The van der Waals surface area contributed by atoms with Gasteiger partial charge in [0, 0.05) is 5.69 Å². The van der Waals surface area contributed by atoms with Gasteiger partial charge in [-0.1, -0.05) is 0 Å². The van der Waals surface area contributed by atoms with E-state index in [1.807, 2.05) is 0 Å². The number of esters is 1. The standard InChI is InChI=1S/C13H13NO6/c1-2-19-12(17)9-5-8(11(15)16)6-10(7-9)14-3-4-20-13(14)18/h5-7H,2-4H2,1H3,(H,15,16). The maximum absolute atomic E-state index is 11.7. The molecule has 1 amide bonds. The molecule has 106 valence electrons. The van der Waals surface area contributed by atoms with E-state index in [-0.39, 0.29) is 24.3 Å². The number of nitrogens with zero attached hydrogens (tertiary/aromatic N) is 1. The number of carboxylic acid groups (broad SMARTS) is 1. The number of rotatable bonds is 4. The molecule has 1 fully saturated rings. The number of hydrogen-bond acceptors (Lipinski definition) is 5. The van der Waals surface area contributed by atoms with E-state index < -0.39 is 18.0 Å². The fourth-order valence-corrected chi connectivity index (χ4v) is 1.85. The van der Waals surface area contributed by atoms with Crippen molar-refractivity contribution in [3.63, 3.8) is 0 Å². The molecule has 1 aliphatic rings. The lowest BCUT2D eigenvalue weighted by atomic mass is 10.1. The van der Waals surface area contributed by atoms with E-state index in [9.17, 15) is 14.4 Å². The first-order valence-electron chi connectivity index (χ1n) is 6.02. The molecule has 2 rings (SSSR count). The molecule has 0 unspecified atom stereocenters. The van der Waals surface area contributed by atoms with Gasteiger partial charge in [0.15, 0.2) is 0 Å². The van der Waals surface area contributed by atoms with Crippen molar-refractivity contribution < 1.29 is 29.0 Å². The zero-order chi connectivity index (χ0) is 14.7. The summed E-state index contributed by atoms with van der Waals surface area (Å²) in [6.07, 6.45) is -0.567. The van der Waals surface area contributed by atoms with E-state index in [0.717, 1.165) is 0 Å². The Morgan fingerprint density at radius 1 is 1.35 bits per heavy atom. The Hall–Kier alpha value is -2.57. The van der Waals surface area contributed by atoms with Gasteiger partial charge in [-0.3, -0.25) is 4.90 Å². The number of benzene rings is 1. The zero-order valence-corrected chi connectivity index (χ0v) is 10.8. The van der Waals surface area contributed by atoms with Crippen LogP contribution < -0.4 is 4.90 Å². The summed E-state index contributed by atoms with van der Waals surface area (Å²) in [5.74, 6) is -1.82. The molecule has 0 aromatic heterocycles. The number of cyclic esters (lactones) is 1. The van der Waals surface area contributed by atoms with Crippen LogP contribution in [0, 0.1) is 0 Å². The molecular formula is C13H13NO6. The van der Waals surface area contributed by atoms with Crippen molar-refractivity contribution >= 4 is 23.7 Å². The molecule has 0 bridgehead atoms. The summed E-state index contributed by atoms with van der Waals surface area (Å²) in [6.45, 7) is 2.37. The van der Waals surface area contributed by atoms with Crippen LogP contribution >= 0.6 is 0 Å². The Labute approximate surface area is 114 Å². The quantitative estimate of drug-likeness (QED) is 0.840. The summed E-state index contributed by atoms with van der Waals surface area (Å²) >= 11 is 0. The van der Waals surface area contributed by atoms with Gasteiger partial charge in [0.05, 0.1) is 24.3 Å². The summed E-state index contributed by atoms with van der Waals surface area (Å²) < 4.78 is 9.63. The summed E-state index contributed by atoms with van der Waals surface area (Å²) in [5, 5.41) is 9.07. The maximum atomic E-state index is 11.7. The van der Waals surface area contributed by atoms with Gasteiger partial charge in [-0.05, 0) is 25.1 Å². The van der Waals surface area contributed by atoms with Crippen LogP contribution in [0.15, 0.2) is 18.2 Å². The molecule has 20 heavy (non-hydrogen) atoms. The van der Waals surface area contributed by atoms with E-state index in [1.165, 1.54) is 23.1 Å². The first kappa shape index (κ1) is 13.9. The van der Waals surface area contributed by atoms with Gasteiger partial charge in [-0.25, -0.2) is 14.4 Å². The molecule has 1 heterocycles. The van der Waals surface area contributed by atoms with Crippen LogP contribution in [-0.2, 0) is 9.47 Å². The summed E-state index contributed by atoms with van der Waals surface area (Å²) in [6, 6.07) is 3.94. The van der Waals surface area contributed by atoms with Crippen LogP contribution in [0.3, 0.4) is 0 Å². The second kappa shape index (κ2) is 5.60. The molecule has 1 aromatic rings. The maximum Gasteiger partial charge on any atom is 0.414 e. The number of ether oxygens (including phenoxy) is 2. The Balaban J connectivity index is 2.43. The lowest BCUT2D eigenvalue weighted by Crippen LogP contribution is -2.24. The lowest BCUT2D eigenvalue weighted by molar-refractivity contribution is 0.0526. The van der Waals surface area contributed by atoms with Gasteiger partial charge in [0.25, 0.3) is 0 Å². The monoisotopic (exact) mass is 279 g/mol. The van der Waals surface area contributed by atoms with Crippen LogP contribution in [0.25, 0.3) is 0 Å². The molecule has 1 N–H and O–H groups in total. The van der Waals surface area contributed by atoms with Crippen molar-refractivity contribution in [1.29, 1.82) is 0 Å². The molecule has 0 saturated carbocycles. The fraction of sp³-hybridized carbons (Fsp3) is 0.308. The smallest absolute Gasteiger partial charge is 0.414 e. The highest BCUT2D eigenvalue weighted by molar-refractivity contribution is 5.99. The van der Waals surface area contributed by atoms with E-state index in [0.29, 0.717) is 12.2 Å². The molecule has 1 saturated heterocycles. The Morgan fingerprint density at radius 3 is 2.60 bits per heavy atom. The van der Waals surface area contributed by atoms with E-state index in [2.05, 4.69) is 0 Å². The van der Waals surface area contributed by atoms with Crippen molar-refractivity contribution in [3.8, 4) is 0 Å². The van der Waals surface area contributed by atoms with Crippen molar-refractivity contribution in [2.75, 3.05) is 24.7 Å².